The maximum Gasteiger partial charge on any atom is 0.491 e. The third-order valence-corrected chi connectivity index (χ3v) is 6.05. The van der Waals surface area contributed by atoms with Crippen LogP contribution in [0.3, 0.4) is 0 Å². The van der Waals surface area contributed by atoms with Gasteiger partial charge in [0.05, 0.1) is 18.9 Å². The summed E-state index contributed by atoms with van der Waals surface area (Å²) in [5.74, 6) is -6.96. The number of halogens is 3. The summed E-state index contributed by atoms with van der Waals surface area (Å²) < 4.78 is 44.0. The second kappa shape index (κ2) is 15.8. The summed E-state index contributed by atoms with van der Waals surface area (Å²) >= 11 is 0. The van der Waals surface area contributed by atoms with E-state index in [-0.39, 0.29) is 24.9 Å². The topological polar surface area (TPSA) is 167 Å². The normalized spacial score (nSPS) is 12.9. The maximum absolute atomic E-state index is 13.2. The summed E-state index contributed by atoms with van der Waals surface area (Å²) in [6, 6.07) is 17.4. The minimum absolute atomic E-state index is 0.185. The van der Waals surface area contributed by atoms with Crippen LogP contribution in [0, 0.1) is 0 Å². The molecule has 0 aliphatic heterocycles. The molecule has 3 rings (SSSR count). The first-order chi connectivity index (χ1) is 20.9. The predicted molar refractivity (Wildman–Crippen MR) is 153 cm³/mol. The van der Waals surface area contributed by atoms with Crippen LogP contribution in [-0.4, -0.2) is 63.7 Å². The Morgan fingerprint density at radius 1 is 0.864 bits per heavy atom. The van der Waals surface area contributed by atoms with Crippen molar-refractivity contribution in [1.29, 1.82) is 0 Å². The number of esters is 1. The Kier molecular flexibility index (Phi) is 11.9. The van der Waals surface area contributed by atoms with Gasteiger partial charge in [-0.15, -0.1) is 0 Å². The molecule has 0 bridgehead atoms. The molecule has 0 aliphatic carbocycles. The third kappa shape index (κ3) is 10.9. The quantitative estimate of drug-likeness (QED) is 0.0877. The lowest BCUT2D eigenvalue weighted by atomic mass is 9.99. The average Bonchev–Trinajstić information content (AvgIpc) is 2.98. The molecule has 232 valence electrons. The Labute approximate surface area is 249 Å². The lowest BCUT2D eigenvalue weighted by Crippen LogP contribution is -2.45. The molecule has 3 aromatic rings. The second-order valence-corrected chi connectivity index (χ2v) is 9.42. The molecule has 4 N–H and O–H groups in total. The zero-order valence-electron chi connectivity index (χ0n) is 23.2. The minimum atomic E-state index is -5.49. The second-order valence-electron chi connectivity index (χ2n) is 9.42. The highest BCUT2D eigenvalue weighted by Gasteiger charge is 2.43. The van der Waals surface area contributed by atoms with Gasteiger partial charge in [0.1, 0.15) is 11.9 Å². The smallest absolute Gasteiger partial charge is 0.481 e. The van der Waals surface area contributed by atoms with E-state index >= 15 is 0 Å². The van der Waals surface area contributed by atoms with Gasteiger partial charge < -0.3 is 25.6 Å². The maximum atomic E-state index is 13.2. The largest absolute Gasteiger partial charge is 0.491 e. The van der Waals surface area contributed by atoms with Crippen molar-refractivity contribution in [3.8, 4) is 11.1 Å². The van der Waals surface area contributed by atoms with Crippen molar-refractivity contribution in [2.75, 3.05) is 11.9 Å². The van der Waals surface area contributed by atoms with E-state index in [0.29, 0.717) is 5.82 Å². The van der Waals surface area contributed by atoms with E-state index in [9.17, 15) is 42.6 Å². The molecule has 0 fully saturated rings. The molecule has 2 atom stereocenters. The van der Waals surface area contributed by atoms with Crippen LogP contribution in [-0.2, 0) is 23.9 Å². The van der Waals surface area contributed by atoms with Gasteiger partial charge in [-0.05, 0) is 35.2 Å². The van der Waals surface area contributed by atoms with Crippen molar-refractivity contribution >= 4 is 35.5 Å². The number of rotatable bonds is 14. The van der Waals surface area contributed by atoms with Crippen molar-refractivity contribution in [3.63, 3.8) is 0 Å². The van der Waals surface area contributed by atoms with Crippen LogP contribution in [0.4, 0.5) is 19.0 Å². The molecule has 14 heteroatoms. The van der Waals surface area contributed by atoms with Crippen molar-refractivity contribution < 1.29 is 47.3 Å². The van der Waals surface area contributed by atoms with E-state index in [1.165, 1.54) is 12.1 Å². The number of aliphatic carboxylic acids is 2. The fourth-order valence-corrected chi connectivity index (χ4v) is 4.00. The van der Waals surface area contributed by atoms with Gasteiger partial charge in [0.2, 0.25) is 11.8 Å². The highest BCUT2D eigenvalue weighted by molar-refractivity contribution is 5.98. The van der Waals surface area contributed by atoms with E-state index in [1.807, 2.05) is 30.3 Å². The fourth-order valence-electron chi connectivity index (χ4n) is 4.00. The molecular weight excluding hydrogens is 585 g/mol. The number of ether oxygens (including phenoxy) is 1. The number of amides is 1. The van der Waals surface area contributed by atoms with Crippen molar-refractivity contribution in [2.24, 2.45) is 4.99 Å². The first-order valence-corrected chi connectivity index (χ1v) is 13.3. The number of nitrogens with zero attached hydrogens (tertiary/aromatic N) is 2. The van der Waals surface area contributed by atoms with Crippen LogP contribution in [0.25, 0.3) is 11.1 Å². The fraction of sp³-hybridized carbons (Fsp3) is 0.267. The number of aromatic nitrogens is 1. The Morgan fingerprint density at radius 2 is 1.50 bits per heavy atom. The van der Waals surface area contributed by atoms with Crippen LogP contribution in [0.15, 0.2) is 84.0 Å². The number of carbonyl (C=O) groups excluding carboxylic acids is 2. The summed E-state index contributed by atoms with van der Waals surface area (Å²) in [7, 11) is 0. The highest BCUT2D eigenvalue weighted by atomic mass is 19.4. The number of carbonyl (C=O) groups is 4. The van der Waals surface area contributed by atoms with E-state index in [1.54, 1.807) is 36.5 Å². The standard InChI is InChI=1S/C30H29F3N4O7/c31-30(32,33)29(43)44-28(23(18-27(41)42)36-25(38)10-6-16-35-24-9-4-5-15-34-24)37-22(17-26(39)40)21-13-11-20(12-14-21)19-7-2-1-3-8-19/h1-5,7-9,11-15,22-23H,6,10,16-18H2,(H,34,35)(H,36,38)(H,39,40)(H,41,42). The van der Waals surface area contributed by atoms with Crippen molar-refractivity contribution in [2.45, 2.75) is 43.9 Å². The molecule has 0 radical (unpaired) electrons. The zero-order chi connectivity index (χ0) is 32.1. The number of benzene rings is 2. The molecular formula is C30H29F3N4O7. The summed E-state index contributed by atoms with van der Waals surface area (Å²) in [6.07, 6.45) is -5.64. The van der Waals surface area contributed by atoms with Gasteiger partial charge >= 0.3 is 24.1 Å². The van der Waals surface area contributed by atoms with Gasteiger partial charge in [-0.2, -0.15) is 13.2 Å². The van der Waals surface area contributed by atoms with Crippen LogP contribution in [0.5, 0.6) is 0 Å². The van der Waals surface area contributed by atoms with Crippen molar-refractivity contribution in [1.82, 2.24) is 10.3 Å². The van der Waals surface area contributed by atoms with E-state index in [2.05, 4.69) is 25.3 Å². The molecule has 11 nitrogen and oxygen atoms in total. The van der Waals surface area contributed by atoms with Crippen LogP contribution in [0.2, 0.25) is 0 Å². The monoisotopic (exact) mass is 614 g/mol. The number of alkyl halides is 3. The zero-order valence-corrected chi connectivity index (χ0v) is 23.2. The number of pyridine rings is 1. The minimum Gasteiger partial charge on any atom is -0.481 e. The molecule has 0 aliphatic rings. The average molecular weight is 615 g/mol. The third-order valence-electron chi connectivity index (χ3n) is 6.05. The van der Waals surface area contributed by atoms with Gasteiger partial charge in [0.15, 0.2) is 0 Å². The van der Waals surface area contributed by atoms with Crippen molar-refractivity contribution in [3.05, 3.63) is 84.6 Å². The molecule has 1 aromatic heterocycles. The van der Waals surface area contributed by atoms with E-state index in [4.69, 9.17) is 0 Å². The van der Waals surface area contributed by atoms with Gasteiger partial charge in [0, 0.05) is 19.2 Å². The number of nitrogens with one attached hydrogen (secondary N) is 2. The van der Waals surface area contributed by atoms with Gasteiger partial charge in [0.25, 0.3) is 0 Å². The summed E-state index contributed by atoms with van der Waals surface area (Å²) in [5.41, 5.74) is 1.83. The van der Waals surface area contributed by atoms with Crippen LogP contribution in [0.1, 0.15) is 37.3 Å². The molecule has 2 unspecified atom stereocenters. The Bertz CT molecular complexity index is 1450. The summed E-state index contributed by atoms with van der Waals surface area (Å²) in [5, 5.41) is 24.2. The number of carboxylic acid groups (broad SMARTS) is 2. The molecule has 44 heavy (non-hydrogen) atoms. The Hall–Kier alpha value is -5.27. The first-order valence-electron chi connectivity index (χ1n) is 13.3. The molecule has 0 spiro atoms. The van der Waals surface area contributed by atoms with Gasteiger partial charge in [-0.1, -0.05) is 60.7 Å². The first kappa shape index (κ1) is 33.2. The predicted octanol–water partition coefficient (Wildman–Crippen LogP) is 4.62. The lowest BCUT2D eigenvalue weighted by molar-refractivity contribution is -0.191. The molecule has 0 saturated carbocycles. The summed E-state index contributed by atoms with van der Waals surface area (Å²) in [6.45, 7) is 0.289. The van der Waals surface area contributed by atoms with Crippen LogP contribution >= 0.6 is 0 Å². The number of carboxylic acids is 2. The van der Waals surface area contributed by atoms with Gasteiger partial charge in [-0.25, -0.2) is 14.8 Å². The SMILES string of the molecule is O=C(O)CC(NC(=O)CCCNc1ccccn1)C(=NC(CC(=O)O)c1ccc(-c2ccccc2)cc1)OC(=O)C(F)(F)F. The summed E-state index contributed by atoms with van der Waals surface area (Å²) in [4.78, 5) is 55.8. The van der Waals surface area contributed by atoms with Gasteiger partial charge in [-0.3, -0.25) is 14.4 Å². The Balaban J connectivity index is 1.88. The molecule has 2 aromatic carbocycles. The molecule has 1 amide bonds. The lowest BCUT2D eigenvalue weighted by Gasteiger charge is -2.22. The number of hydrogen-bond donors (Lipinski definition) is 4. The highest BCUT2D eigenvalue weighted by Crippen LogP contribution is 2.27. The number of hydrogen-bond acceptors (Lipinski definition) is 8. The van der Waals surface area contributed by atoms with E-state index in [0.717, 1.165) is 11.1 Å². The molecule has 1 heterocycles. The molecule has 0 saturated heterocycles. The van der Waals surface area contributed by atoms with Crippen LogP contribution < -0.4 is 10.6 Å². The number of anilines is 1. The Morgan fingerprint density at radius 3 is 2.09 bits per heavy atom. The van der Waals surface area contributed by atoms with E-state index < -0.39 is 60.8 Å². The number of aliphatic imine (C=N–C) groups is 1.